The highest BCUT2D eigenvalue weighted by atomic mass is 79.9. The number of rotatable bonds is 3. The Kier molecular flexibility index (Phi) is 4.98. The van der Waals surface area contributed by atoms with Gasteiger partial charge in [0, 0.05) is 9.50 Å². The van der Waals surface area contributed by atoms with Crippen LogP contribution in [0, 0.1) is 0 Å². The van der Waals surface area contributed by atoms with Crippen LogP contribution in [0.2, 0.25) is 5.02 Å². The van der Waals surface area contributed by atoms with Gasteiger partial charge in [0.1, 0.15) is 0 Å². The number of benzene rings is 2. The lowest BCUT2D eigenvalue weighted by Gasteiger charge is -2.10. The van der Waals surface area contributed by atoms with E-state index in [0.29, 0.717) is 26.3 Å². The summed E-state index contributed by atoms with van der Waals surface area (Å²) in [5, 5.41) is 3.21. The minimum absolute atomic E-state index is 0.290. The molecule has 108 valence electrons. The van der Waals surface area contributed by atoms with Crippen LogP contribution >= 0.6 is 27.5 Å². The number of ether oxygens (including phenoxy) is 1. The van der Waals surface area contributed by atoms with E-state index in [-0.39, 0.29) is 5.91 Å². The maximum atomic E-state index is 12.3. The molecule has 0 spiro atoms. The Morgan fingerprint density at radius 2 is 1.86 bits per heavy atom. The third kappa shape index (κ3) is 3.62. The number of hydrogen-bond donors (Lipinski definition) is 1. The SMILES string of the molecule is COC(=O)c1ccccc1NC(=O)c1ccc(Cl)cc1Br. The van der Waals surface area contributed by atoms with E-state index in [2.05, 4.69) is 26.0 Å². The first kappa shape index (κ1) is 15.5. The van der Waals surface area contributed by atoms with E-state index in [1.54, 1.807) is 42.5 Å². The van der Waals surface area contributed by atoms with Crippen molar-refractivity contribution < 1.29 is 14.3 Å². The third-order valence-electron chi connectivity index (χ3n) is 2.76. The summed E-state index contributed by atoms with van der Waals surface area (Å²) >= 11 is 9.13. The summed E-state index contributed by atoms with van der Waals surface area (Å²) in [5.74, 6) is -0.865. The van der Waals surface area contributed by atoms with Crippen molar-refractivity contribution in [3.63, 3.8) is 0 Å². The topological polar surface area (TPSA) is 55.4 Å². The monoisotopic (exact) mass is 367 g/mol. The van der Waals surface area contributed by atoms with Gasteiger partial charge in [-0.25, -0.2) is 4.79 Å². The molecule has 6 heteroatoms. The fourth-order valence-corrected chi connectivity index (χ4v) is 2.61. The van der Waals surface area contributed by atoms with Crippen molar-refractivity contribution in [3.05, 3.63) is 63.1 Å². The number of methoxy groups -OCH3 is 1. The van der Waals surface area contributed by atoms with Crippen molar-refractivity contribution in [1.82, 2.24) is 0 Å². The van der Waals surface area contributed by atoms with Crippen LogP contribution in [-0.2, 0) is 4.74 Å². The Morgan fingerprint density at radius 1 is 1.14 bits per heavy atom. The molecule has 0 atom stereocenters. The van der Waals surface area contributed by atoms with Gasteiger partial charge in [-0.05, 0) is 46.3 Å². The predicted octanol–water partition coefficient (Wildman–Crippen LogP) is 4.14. The number of nitrogens with one attached hydrogen (secondary N) is 1. The van der Waals surface area contributed by atoms with Crippen molar-refractivity contribution in [2.45, 2.75) is 0 Å². The fourth-order valence-electron chi connectivity index (χ4n) is 1.74. The number of esters is 1. The molecular formula is C15H11BrClNO3. The third-order valence-corrected chi connectivity index (χ3v) is 3.65. The molecule has 2 aromatic carbocycles. The largest absolute Gasteiger partial charge is 0.465 e. The molecule has 0 aliphatic heterocycles. The van der Waals surface area contributed by atoms with Gasteiger partial charge in [0.05, 0.1) is 23.9 Å². The second-order valence-electron chi connectivity index (χ2n) is 4.12. The molecule has 0 radical (unpaired) electrons. The van der Waals surface area contributed by atoms with Crippen LogP contribution in [0.1, 0.15) is 20.7 Å². The highest BCUT2D eigenvalue weighted by Crippen LogP contribution is 2.23. The first-order valence-corrected chi connectivity index (χ1v) is 7.13. The lowest BCUT2D eigenvalue weighted by Crippen LogP contribution is -2.15. The van der Waals surface area contributed by atoms with Crippen LogP contribution in [0.15, 0.2) is 46.9 Å². The number of amides is 1. The van der Waals surface area contributed by atoms with Crippen molar-refractivity contribution in [3.8, 4) is 0 Å². The normalized spacial score (nSPS) is 10.0. The molecule has 0 aliphatic rings. The van der Waals surface area contributed by atoms with Gasteiger partial charge in [-0.1, -0.05) is 23.7 Å². The van der Waals surface area contributed by atoms with E-state index < -0.39 is 5.97 Å². The first-order valence-electron chi connectivity index (χ1n) is 5.96. The molecule has 0 aromatic heterocycles. The zero-order chi connectivity index (χ0) is 15.4. The summed E-state index contributed by atoms with van der Waals surface area (Å²) in [5.41, 5.74) is 1.09. The van der Waals surface area contributed by atoms with Crippen molar-refractivity contribution >= 4 is 45.1 Å². The summed E-state index contributed by atoms with van der Waals surface area (Å²) in [6, 6.07) is 11.5. The van der Waals surface area contributed by atoms with Crippen LogP contribution in [-0.4, -0.2) is 19.0 Å². The van der Waals surface area contributed by atoms with Crippen LogP contribution in [0.25, 0.3) is 0 Å². The molecule has 0 saturated heterocycles. The summed E-state index contributed by atoms with van der Waals surface area (Å²) in [7, 11) is 1.29. The van der Waals surface area contributed by atoms with Gasteiger partial charge in [-0.15, -0.1) is 0 Å². The van der Waals surface area contributed by atoms with Crippen LogP contribution in [0.4, 0.5) is 5.69 Å². The van der Waals surface area contributed by atoms with Crippen molar-refractivity contribution in [2.24, 2.45) is 0 Å². The van der Waals surface area contributed by atoms with E-state index in [0.717, 1.165) is 0 Å². The Balaban J connectivity index is 2.30. The summed E-state index contributed by atoms with van der Waals surface area (Å²) in [4.78, 5) is 23.9. The second-order valence-corrected chi connectivity index (χ2v) is 5.41. The van der Waals surface area contributed by atoms with Gasteiger partial charge in [0.15, 0.2) is 0 Å². The molecule has 21 heavy (non-hydrogen) atoms. The molecule has 0 bridgehead atoms. The summed E-state index contributed by atoms with van der Waals surface area (Å²) in [6.45, 7) is 0. The summed E-state index contributed by atoms with van der Waals surface area (Å²) in [6.07, 6.45) is 0. The average molecular weight is 369 g/mol. The number of halogens is 2. The molecule has 1 amide bonds. The number of hydrogen-bond acceptors (Lipinski definition) is 3. The van der Waals surface area contributed by atoms with Crippen molar-refractivity contribution in [1.29, 1.82) is 0 Å². The summed E-state index contributed by atoms with van der Waals surface area (Å²) < 4.78 is 5.26. The zero-order valence-corrected chi connectivity index (χ0v) is 13.4. The maximum absolute atomic E-state index is 12.3. The van der Waals surface area contributed by atoms with Gasteiger partial charge in [0.2, 0.25) is 0 Å². The smallest absolute Gasteiger partial charge is 0.339 e. The van der Waals surface area contributed by atoms with Crippen LogP contribution in [0.3, 0.4) is 0 Å². The van der Waals surface area contributed by atoms with E-state index in [1.807, 2.05) is 0 Å². The average Bonchev–Trinajstić information content (AvgIpc) is 2.46. The van der Waals surface area contributed by atoms with Gasteiger partial charge < -0.3 is 10.1 Å². The molecule has 0 fully saturated rings. The Morgan fingerprint density at radius 3 is 2.52 bits per heavy atom. The van der Waals surface area contributed by atoms with Gasteiger partial charge in [0.25, 0.3) is 5.91 Å². The highest BCUT2D eigenvalue weighted by Gasteiger charge is 2.15. The minimum Gasteiger partial charge on any atom is -0.465 e. The van der Waals surface area contributed by atoms with Gasteiger partial charge >= 0.3 is 5.97 Å². The van der Waals surface area contributed by atoms with Gasteiger partial charge in [-0.3, -0.25) is 4.79 Å². The number of carbonyl (C=O) groups excluding carboxylic acids is 2. The molecule has 2 rings (SSSR count). The molecule has 2 aromatic rings. The number of carbonyl (C=O) groups is 2. The van der Waals surface area contributed by atoms with E-state index in [1.165, 1.54) is 7.11 Å². The quantitative estimate of drug-likeness (QED) is 0.828. The second kappa shape index (κ2) is 6.74. The molecule has 0 heterocycles. The van der Waals surface area contributed by atoms with Crippen molar-refractivity contribution in [2.75, 3.05) is 12.4 Å². The minimum atomic E-state index is -0.513. The lowest BCUT2D eigenvalue weighted by atomic mass is 10.1. The first-order chi connectivity index (χ1) is 10.0. The lowest BCUT2D eigenvalue weighted by molar-refractivity contribution is 0.0602. The Labute approximate surface area is 135 Å². The maximum Gasteiger partial charge on any atom is 0.339 e. The molecule has 0 unspecified atom stereocenters. The van der Waals surface area contributed by atoms with Gasteiger partial charge in [-0.2, -0.15) is 0 Å². The van der Waals surface area contributed by atoms with E-state index in [9.17, 15) is 9.59 Å². The molecular weight excluding hydrogens is 358 g/mol. The van der Waals surface area contributed by atoms with E-state index >= 15 is 0 Å². The Hall–Kier alpha value is -1.85. The molecule has 1 N–H and O–H groups in total. The molecule has 0 aliphatic carbocycles. The molecule has 4 nitrogen and oxygen atoms in total. The zero-order valence-electron chi connectivity index (χ0n) is 11.0. The van der Waals surface area contributed by atoms with Crippen LogP contribution in [0.5, 0.6) is 0 Å². The fraction of sp³-hybridized carbons (Fsp3) is 0.0667. The highest BCUT2D eigenvalue weighted by molar-refractivity contribution is 9.10. The van der Waals surface area contributed by atoms with Crippen LogP contribution < -0.4 is 5.32 Å². The molecule has 0 saturated carbocycles. The predicted molar refractivity (Wildman–Crippen MR) is 84.9 cm³/mol. The van der Waals surface area contributed by atoms with E-state index in [4.69, 9.17) is 11.6 Å². The number of para-hydroxylation sites is 1. The Bertz CT molecular complexity index is 703. The number of anilines is 1. The standard InChI is InChI=1S/C15H11BrClNO3/c1-21-15(20)11-4-2-3-5-13(11)18-14(19)10-7-6-9(17)8-12(10)16/h2-8H,1H3,(H,18,19).